The molecule has 0 bridgehead atoms. The van der Waals surface area contributed by atoms with Gasteiger partial charge >= 0.3 is 0 Å². The van der Waals surface area contributed by atoms with Crippen molar-refractivity contribution in [1.29, 1.82) is 0 Å². The molecule has 6 nitrogen and oxygen atoms in total. The van der Waals surface area contributed by atoms with Crippen molar-refractivity contribution < 1.29 is 13.2 Å². The highest BCUT2D eigenvalue weighted by Crippen LogP contribution is 2.28. The third-order valence-corrected chi connectivity index (χ3v) is 8.74. The molecule has 1 aromatic carbocycles. The van der Waals surface area contributed by atoms with Crippen LogP contribution >= 0.6 is 0 Å². The minimum atomic E-state index is -3.46. The lowest BCUT2D eigenvalue weighted by Gasteiger charge is -2.37. The maximum absolute atomic E-state index is 13.0. The molecule has 168 valence electrons. The molecule has 3 heterocycles. The average Bonchev–Trinajstić information content (AvgIpc) is 3.25. The summed E-state index contributed by atoms with van der Waals surface area (Å²) < 4.78 is 28.9. The molecular formula is C24H33N3O3S. The van der Waals surface area contributed by atoms with Crippen molar-refractivity contribution in [3.8, 4) is 0 Å². The molecule has 0 saturated carbocycles. The third kappa shape index (κ3) is 5.21. The number of sulfonamides is 1. The quantitative estimate of drug-likeness (QED) is 0.688. The molecule has 0 spiro atoms. The first-order chi connectivity index (χ1) is 14.9. The van der Waals surface area contributed by atoms with Gasteiger partial charge in [-0.2, -0.15) is 4.31 Å². The van der Waals surface area contributed by atoms with E-state index >= 15 is 0 Å². The van der Waals surface area contributed by atoms with Gasteiger partial charge in [0.05, 0.1) is 4.90 Å². The second-order valence-corrected chi connectivity index (χ2v) is 10.9. The Bertz CT molecular complexity index is 971. The number of aromatic nitrogens is 1. The van der Waals surface area contributed by atoms with Crippen LogP contribution in [-0.4, -0.2) is 54.3 Å². The van der Waals surface area contributed by atoms with Gasteiger partial charge < -0.3 is 9.47 Å². The molecule has 1 amide bonds. The number of nitrogens with zero attached hydrogens (tertiary/aromatic N) is 3. The van der Waals surface area contributed by atoms with Crippen LogP contribution in [0.4, 0.5) is 0 Å². The van der Waals surface area contributed by atoms with Crippen molar-refractivity contribution in [2.45, 2.75) is 43.4 Å². The van der Waals surface area contributed by atoms with Crippen molar-refractivity contribution in [2.75, 3.05) is 26.2 Å². The van der Waals surface area contributed by atoms with Gasteiger partial charge in [-0.15, -0.1) is 0 Å². The highest BCUT2D eigenvalue weighted by Gasteiger charge is 2.35. The van der Waals surface area contributed by atoms with Crippen molar-refractivity contribution >= 4 is 15.9 Å². The van der Waals surface area contributed by atoms with Gasteiger partial charge in [0.2, 0.25) is 15.9 Å². The molecular weight excluding hydrogens is 410 g/mol. The number of piperidine rings is 2. The van der Waals surface area contributed by atoms with Crippen LogP contribution in [0.2, 0.25) is 0 Å². The fourth-order valence-corrected chi connectivity index (χ4v) is 6.36. The van der Waals surface area contributed by atoms with Crippen LogP contribution in [0.15, 0.2) is 53.7 Å². The maximum Gasteiger partial charge on any atom is 0.244 e. The highest BCUT2D eigenvalue weighted by molar-refractivity contribution is 7.89. The lowest BCUT2D eigenvalue weighted by Crippen LogP contribution is -2.46. The van der Waals surface area contributed by atoms with Crippen molar-refractivity contribution in [1.82, 2.24) is 13.8 Å². The maximum atomic E-state index is 13.0. The van der Waals surface area contributed by atoms with E-state index in [2.05, 4.69) is 30.3 Å². The van der Waals surface area contributed by atoms with E-state index < -0.39 is 10.0 Å². The molecule has 4 rings (SSSR count). The number of hydrogen-bond donors (Lipinski definition) is 0. The Kier molecular flexibility index (Phi) is 6.82. The molecule has 0 unspecified atom stereocenters. The Morgan fingerprint density at radius 3 is 2.26 bits per heavy atom. The smallest absolute Gasteiger partial charge is 0.244 e. The Morgan fingerprint density at radius 2 is 1.65 bits per heavy atom. The van der Waals surface area contributed by atoms with Crippen molar-refractivity contribution in [3.63, 3.8) is 0 Å². The molecule has 2 saturated heterocycles. The number of benzene rings is 1. The molecule has 7 heteroatoms. The zero-order chi connectivity index (χ0) is 21.8. The van der Waals surface area contributed by atoms with Crippen LogP contribution in [0.5, 0.6) is 0 Å². The summed E-state index contributed by atoms with van der Waals surface area (Å²) in [6.45, 7) is 2.50. The van der Waals surface area contributed by atoms with E-state index in [0.717, 1.165) is 32.4 Å². The largest absolute Gasteiger partial charge is 0.356 e. The van der Waals surface area contributed by atoms with Gasteiger partial charge in [0.15, 0.2) is 0 Å². The Morgan fingerprint density at radius 1 is 0.968 bits per heavy atom. The van der Waals surface area contributed by atoms with E-state index in [4.69, 9.17) is 0 Å². The number of carbonyl (C=O) groups is 1. The minimum Gasteiger partial charge on any atom is -0.356 e. The Balaban J connectivity index is 1.23. The number of amides is 1. The number of likely N-dealkylation sites (tertiary alicyclic amines) is 1. The first kappa shape index (κ1) is 22.1. The van der Waals surface area contributed by atoms with Gasteiger partial charge in [-0.1, -0.05) is 30.3 Å². The second kappa shape index (κ2) is 9.57. The molecule has 0 atom stereocenters. The normalized spacial score (nSPS) is 19.6. The van der Waals surface area contributed by atoms with E-state index in [1.165, 1.54) is 16.3 Å². The summed E-state index contributed by atoms with van der Waals surface area (Å²) in [7, 11) is -1.65. The van der Waals surface area contributed by atoms with E-state index in [1.807, 2.05) is 11.9 Å². The van der Waals surface area contributed by atoms with Gasteiger partial charge in [-0.3, -0.25) is 4.79 Å². The van der Waals surface area contributed by atoms with Gasteiger partial charge in [-0.25, -0.2) is 8.42 Å². The van der Waals surface area contributed by atoms with Crippen molar-refractivity contribution in [3.05, 3.63) is 54.4 Å². The monoisotopic (exact) mass is 443 g/mol. The molecule has 31 heavy (non-hydrogen) atoms. The SMILES string of the molecule is Cn1ccc(S(=O)(=O)N2CCC(C(=O)N3CCC(CCc4ccccc4)CC3)CC2)c1. The van der Waals surface area contributed by atoms with Gasteiger partial charge in [-0.05, 0) is 56.1 Å². The molecule has 2 aliphatic heterocycles. The summed E-state index contributed by atoms with van der Waals surface area (Å²) >= 11 is 0. The molecule has 0 aliphatic carbocycles. The zero-order valence-electron chi connectivity index (χ0n) is 18.3. The molecule has 2 aromatic rings. The molecule has 0 N–H and O–H groups in total. The van der Waals surface area contributed by atoms with Crippen LogP contribution in [-0.2, 0) is 28.3 Å². The van der Waals surface area contributed by atoms with Crippen molar-refractivity contribution in [2.24, 2.45) is 18.9 Å². The minimum absolute atomic E-state index is 0.0527. The average molecular weight is 444 g/mol. The predicted molar refractivity (Wildman–Crippen MR) is 121 cm³/mol. The summed E-state index contributed by atoms with van der Waals surface area (Å²) in [6, 6.07) is 12.2. The summed E-state index contributed by atoms with van der Waals surface area (Å²) in [4.78, 5) is 15.4. The summed E-state index contributed by atoms with van der Waals surface area (Å²) in [5, 5.41) is 0. The first-order valence-electron chi connectivity index (χ1n) is 11.4. The van der Waals surface area contributed by atoms with Gasteiger partial charge in [0.1, 0.15) is 0 Å². The lowest BCUT2D eigenvalue weighted by atomic mass is 9.89. The Labute approximate surface area is 185 Å². The first-order valence-corrected chi connectivity index (χ1v) is 12.8. The summed E-state index contributed by atoms with van der Waals surface area (Å²) in [6.07, 6.45) is 9.02. The number of carbonyl (C=O) groups excluding carboxylic acids is 1. The van der Waals surface area contributed by atoms with E-state index in [-0.39, 0.29) is 11.8 Å². The molecule has 1 aromatic heterocycles. The van der Waals surface area contributed by atoms with Crippen LogP contribution in [0, 0.1) is 11.8 Å². The zero-order valence-corrected chi connectivity index (χ0v) is 19.1. The number of aryl methyl sites for hydroxylation is 2. The van der Waals surface area contributed by atoms with Crippen LogP contribution in [0.25, 0.3) is 0 Å². The van der Waals surface area contributed by atoms with Crippen LogP contribution in [0.1, 0.15) is 37.7 Å². The van der Waals surface area contributed by atoms with Crippen LogP contribution < -0.4 is 0 Å². The number of rotatable bonds is 6. The summed E-state index contributed by atoms with van der Waals surface area (Å²) in [5.41, 5.74) is 1.39. The molecule has 2 fully saturated rings. The summed E-state index contributed by atoms with van der Waals surface area (Å²) in [5.74, 6) is 0.850. The standard InChI is InChI=1S/C24H33N3O3S/c1-25-14-13-23(19-25)31(29,30)27-17-11-22(12-18-27)24(28)26-15-9-21(10-16-26)8-7-20-5-3-2-4-6-20/h2-6,13-14,19,21-22H,7-12,15-18H2,1H3. The predicted octanol–water partition coefficient (Wildman–Crippen LogP) is 3.30. The fraction of sp³-hybridized carbons (Fsp3) is 0.542. The van der Waals surface area contributed by atoms with E-state index in [1.54, 1.807) is 23.0 Å². The highest BCUT2D eigenvalue weighted by atomic mass is 32.2. The molecule has 2 aliphatic rings. The number of hydrogen-bond acceptors (Lipinski definition) is 3. The van der Waals surface area contributed by atoms with E-state index in [0.29, 0.717) is 36.7 Å². The van der Waals surface area contributed by atoms with Gasteiger partial charge in [0, 0.05) is 51.5 Å². The Hall–Kier alpha value is -2.12. The second-order valence-electron chi connectivity index (χ2n) is 8.98. The topological polar surface area (TPSA) is 62.6 Å². The third-order valence-electron chi connectivity index (χ3n) is 6.86. The van der Waals surface area contributed by atoms with E-state index in [9.17, 15) is 13.2 Å². The van der Waals surface area contributed by atoms with Gasteiger partial charge in [0.25, 0.3) is 0 Å². The molecule has 0 radical (unpaired) electrons. The fourth-order valence-electron chi connectivity index (χ4n) is 4.84. The lowest BCUT2D eigenvalue weighted by molar-refractivity contribution is -0.138. The van der Waals surface area contributed by atoms with Crippen LogP contribution in [0.3, 0.4) is 0 Å².